The fraction of sp³-hybridized carbons (Fsp3) is 0.600. The number of hydrogen-bond acceptors (Lipinski definition) is 3. The molecule has 0 amide bonds. The molecule has 0 fully saturated rings. The molecule has 4 heteroatoms. The van der Waals surface area contributed by atoms with Crippen LogP contribution >= 0.6 is 0 Å². The predicted octanol–water partition coefficient (Wildman–Crippen LogP) is 1.51. The molecule has 0 radical (unpaired) electrons. The molecule has 0 spiro atoms. The van der Waals surface area contributed by atoms with Gasteiger partial charge in [0.1, 0.15) is 0 Å². The van der Waals surface area contributed by atoms with Crippen molar-refractivity contribution in [1.82, 2.24) is 9.55 Å². The third-order valence-corrected chi connectivity index (χ3v) is 1.98. The highest BCUT2D eigenvalue weighted by Crippen LogP contribution is 2.01. The van der Waals surface area contributed by atoms with Gasteiger partial charge in [-0.1, -0.05) is 0 Å². The SMILES string of the molecule is CCOCCC(=O)c1nccn1CC. The third-order valence-electron chi connectivity index (χ3n) is 1.98. The average Bonchev–Trinajstić information content (AvgIpc) is 2.65. The van der Waals surface area contributed by atoms with E-state index >= 15 is 0 Å². The van der Waals surface area contributed by atoms with E-state index in [4.69, 9.17) is 4.74 Å². The van der Waals surface area contributed by atoms with Crippen LogP contribution in [0, 0.1) is 0 Å². The number of aromatic nitrogens is 2. The van der Waals surface area contributed by atoms with Gasteiger partial charge in [0.15, 0.2) is 5.82 Å². The Kier molecular flexibility index (Phi) is 4.32. The Bertz CT molecular complexity index is 294. The van der Waals surface area contributed by atoms with Crippen molar-refractivity contribution in [1.29, 1.82) is 0 Å². The first kappa shape index (κ1) is 10.9. The Morgan fingerprint density at radius 1 is 1.57 bits per heavy atom. The fourth-order valence-electron chi connectivity index (χ4n) is 1.24. The highest BCUT2D eigenvalue weighted by atomic mass is 16.5. The summed E-state index contributed by atoms with van der Waals surface area (Å²) in [4.78, 5) is 15.6. The highest BCUT2D eigenvalue weighted by molar-refractivity contribution is 5.92. The molecule has 0 N–H and O–H groups in total. The minimum atomic E-state index is 0.0466. The van der Waals surface area contributed by atoms with Gasteiger partial charge in [-0.2, -0.15) is 0 Å². The van der Waals surface area contributed by atoms with Gasteiger partial charge in [-0.05, 0) is 13.8 Å². The first-order valence-corrected chi connectivity index (χ1v) is 4.91. The van der Waals surface area contributed by atoms with Gasteiger partial charge in [0.2, 0.25) is 5.78 Å². The molecule has 4 nitrogen and oxygen atoms in total. The maximum atomic E-state index is 11.6. The fourth-order valence-corrected chi connectivity index (χ4v) is 1.24. The van der Waals surface area contributed by atoms with Crippen molar-refractivity contribution < 1.29 is 9.53 Å². The van der Waals surface area contributed by atoms with Crippen LogP contribution in [0.5, 0.6) is 0 Å². The van der Waals surface area contributed by atoms with Crippen molar-refractivity contribution in [3.8, 4) is 0 Å². The summed E-state index contributed by atoms with van der Waals surface area (Å²) in [6.07, 6.45) is 3.87. The molecule has 0 aliphatic rings. The maximum absolute atomic E-state index is 11.6. The monoisotopic (exact) mass is 196 g/mol. The lowest BCUT2D eigenvalue weighted by Gasteiger charge is -2.03. The highest BCUT2D eigenvalue weighted by Gasteiger charge is 2.10. The molecule has 78 valence electrons. The van der Waals surface area contributed by atoms with Crippen LogP contribution < -0.4 is 0 Å². The molecule has 0 aliphatic heterocycles. The minimum Gasteiger partial charge on any atom is -0.381 e. The lowest BCUT2D eigenvalue weighted by Crippen LogP contribution is -2.11. The zero-order valence-corrected chi connectivity index (χ0v) is 8.69. The lowest BCUT2D eigenvalue weighted by atomic mass is 10.3. The number of ether oxygens (including phenoxy) is 1. The van der Waals surface area contributed by atoms with E-state index in [-0.39, 0.29) is 5.78 Å². The van der Waals surface area contributed by atoms with E-state index in [9.17, 15) is 4.79 Å². The molecule has 0 aromatic carbocycles. The van der Waals surface area contributed by atoms with Crippen LogP contribution in [0.25, 0.3) is 0 Å². The summed E-state index contributed by atoms with van der Waals surface area (Å²) in [5, 5.41) is 0. The smallest absolute Gasteiger partial charge is 0.200 e. The number of imidazole rings is 1. The van der Waals surface area contributed by atoms with Gasteiger partial charge in [-0.25, -0.2) is 4.98 Å². The van der Waals surface area contributed by atoms with Gasteiger partial charge in [0, 0.05) is 32.0 Å². The van der Waals surface area contributed by atoms with Gasteiger partial charge in [-0.15, -0.1) is 0 Å². The van der Waals surface area contributed by atoms with Crippen molar-refractivity contribution in [3.63, 3.8) is 0 Å². The van der Waals surface area contributed by atoms with E-state index in [1.54, 1.807) is 6.20 Å². The van der Waals surface area contributed by atoms with Gasteiger partial charge in [-0.3, -0.25) is 4.79 Å². The number of carbonyl (C=O) groups excluding carboxylic acids is 1. The number of aryl methyl sites for hydroxylation is 1. The van der Waals surface area contributed by atoms with Crippen molar-refractivity contribution in [2.45, 2.75) is 26.8 Å². The number of ketones is 1. The van der Waals surface area contributed by atoms with Gasteiger partial charge in [0.05, 0.1) is 6.61 Å². The van der Waals surface area contributed by atoms with Crippen LogP contribution in [0.2, 0.25) is 0 Å². The Labute approximate surface area is 83.9 Å². The number of Topliss-reactive ketones (excluding diaryl/α,β-unsaturated/α-hetero) is 1. The quantitative estimate of drug-likeness (QED) is 0.511. The van der Waals surface area contributed by atoms with E-state index in [0.717, 1.165) is 6.54 Å². The summed E-state index contributed by atoms with van der Waals surface area (Å²) in [5.41, 5.74) is 0. The molecule has 0 unspecified atom stereocenters. The van der Waals surface area contributed by atoms with Crippen LogP contribution in [-0.4, -0.2) is 28.5 Å². The summed E-state index contributed by atoms with van der Waals surface area (Å²) in [6.45, 7) is 5.80. The standard InChI is InChI=1S/C10H16N2O2/c1-3-12-7-6-11-10(12)9(13)5-8-14-4-2/h6-7H,3-5,8H2,1-2H3. The van der Waals surface area contributed by atoms with E-state index in [0.29, 0.717) is 25.5 Å². The largest absolute Gasteiger partial charge is 0.381 e. The molecule has 1 heterocycles. The minimum absolute atomic E-state index is 0.0466. The molecule has 1 rings (SSSR count). The lowest BCUT2D eigenvalue weighted by molar-refractivity contribution is 0.0882. The number of hydrogen-bond donors (Lipinski definition) is 0. The Morgan fingerprint density at radius 3 is 3.00 bits per heavy atom. The molecular weight excluding hydrogens is 180 g/mol. The van der Waals surface area contributed by atoms with Gasteiger partial charge < -0.3 is 9.30 Å². The maximum Gasteiger partial charge on any atom is 0.200 e. The molecular formula is C10H16N2O2. The second-order valence-corrected chi connectivity index (χ2v) is 2.91. The number of rotatable bonds is 6. The topological polar surface area (TPSA) is 44.1 Å². The molecule has 0 saturated heterocycles. The van der Waals surface area contributed by atoms with Crippen molar-refractivity contribution in [3.05, 3.63) is 18.2 Å². The first-order chi connectivity index (χ1) is 6.79. The molecule has 0 aliphatic carbocycles. The average molecular weight is 196 g/mol. The van der Waals surface area contributed by atoms with Crippen LogP contribution in [-0.2, 0) is 11.3 Å². The molecule has 0 atom stereocenters. The Morgan fingerprint density at radius 2 is 2.36 bits per heavy atom. The second-order valence-electron chi connectivity index (χ2n) is 2.91. The zero-order chi connectivity index (χ0) is 10.4. The first-order valence-electron chi connectivity index (χ1n) is 4.91. The van der Waals surface area contributed by atoms with E-state index in [1.165, 1.54) is 0 Å². The van der Waals surface area contributed by atoms with Crippen LogP contribution in [0.3, 0.4) is 0 Å². The number of carbonyl (C=O) groups is 1. The predicted molar refractivity (Wildman–Crippen MR) is 53.3 cm³/mol. The molecule has 14 heavy (non-hydrogen) atoms. The van der Waals surface area contributed by atoms with E-state index in [2.05, 4.69) is 4.98 Å². The van der Waals surface area contributed by atoms with Gasteiger partial charge >= 0.3 is 0 Å². The van der Waals surface area contributed by atoms with E-state index in [1.807, 2.05) is 24.6 Å². The number of nitrogens with zero attached hydrogens (tertiary/aromatic N) is 2. The zero-order valence-electron chi connectivity index (χ0n) is 8.69. The summed E-state index contributed by atoms with van der Waals surface area (Å²) >= 11 is 0. The van der Waals surface area contributed by atoms with Crippen molar-refractivity contribution in [2.24, 2.45) is 0 Å². The van der Waals surface area contributed by atoms with Gasteiger partial charge in [0.25, 0.3) is 0 Å². The van der Waals surface area contributed by atoms with Crippen LogP contribution in [0.1, 0.15) is 30.9 Å². The third kappa shape index (κ3) is 2.67. The summed E-state index contributed by atoms with van der Waals surface area (Å²) in [7, 11) is 0. The van der Waals surface area contributed by atoms with Crippen LogP contribution in [0.4, 0.5) is 0 Å². The summed E-state index contributed by atoms with van der Waals surface area (Å²) in [5.74, 6) is 0.581. The Hall–Kier alpha value is -1.16. The molecule has 0 saturated carbocycles. The molecule has 0 bridgehead atoms. The molecule has 1 aromatic rings. The van der Waals surface area contributed by atoms with Crippen LogP contribution in [0.15, 0.2) is 12.4 Å². The van der Waals surface area contributed by atoms with Crippen molar-refractivity contribution >= 4 is 5.78 Å². The summed E-state index contributed by atoms with van der Waals surface area (Å²) < 4.78 is 6.96. The normalized spacial score (nSPS) is 10.4. The van der Waals surface area contributed by atoms with Crippen molar-refractivity contribution in [2.75, 3.05) is 13.2 Å². The Balaban J connectivity index is 2.51. The molecule has 1 aromatic heterocycles. The van der Waals surface area contributed by atoms with E-state index < -0.39 is 0 Å². The second kappa shape index (κ2) is 5.54. The summed E-state index contributed by atoms with van der Waals surface area (Å²) in [6, 6.07) is 0.